The molecule has 1 amide bonds. The number of nitrogens with one attached hydrogen (secondary N) is 1. The minimum atomic E-state index is -0.854. The number of aliphatic hydroxyl groups is 1. The van der Waals surface area contributed by atoms with Crippen LogP contribution in [0.3, 0.4) is 0 Å². The molecule has 2 N–H and O–H groups in total. The molecule has 0 unspecified atom stereocenters. The molecule has 114 valence electrons. The van der Waals surface area contributed by atoms with Gasteiger partial charge in [-0.25, -0.2) is 0 Å². The van der Waals surface area contributed by atoms with Crippen molar-refractivity contribution in [1.82, 2.24) is 25.5 Å². The van der Waals surface area contributed by atoms with Crippen LogP contribution in [0, 0.1) is 0 Å². The normalized spacial score (nSPS) is 11.6. The van der Waals surface area contributed by atoms with Crippen molar-refractivity contribution >= 4 is 17.2 Å². The van der Waals surface area contributed by atoms with Crippen molar-refractivity contribution < 1.29 is 9.90 Å². The van der Waals surface area contributed by atoms with E-state index in [1.165, 1.54) is 16.1 Å². The molecule has 0 fully saturated rings. The summed E-state index contributed by atoms with van der Waals surface area (Å²) in [4.78, 5) is 14.0. The molecule has 8 heteroatoms. The molecule has 0 aliphatic carbocycles. The van der Waals surface area contributed by atoms with Gasteiger partial charge < -0.3 is 10.4 Å². The maximum absolute atomic E-state index is 11.8. The lowest BCUT2D eigenvalue weighted by Gasteiger charge is -2.25. The molecular weight excluding hydrogens is 290 g/mol. The molecule has 0 saturated heterocycles. The fraction of sp³-hybridized carbons (Fsp3) is 0.538. The third-order valence-corrected chi connectivity index (χ3v) is 4.28. The summed E-state index contributed by atoms with van der Waals surface area (Å²) in [6.07, 6.45) is 1.18. The third kappa shape index (κ3) is 4.08. The number of carbonyl (C=O) groups excluding carboxylic acids is 1. The summed E-state index contributed by atoms with van der Waals surface area (Å²) < 4.78 is 0. The number of hydrogen-bond acceptors (Lipinski definition) is 6. The summed E-state index contributed by atoms with van der Waals surface area (Å²) in [6, 6.07) is 3.80. The van der Waals surface area contributed by atoms with Gasteiger partial charge in [0.2, 0.25) is 11.7 Å². The van der Waals surface area contributed by atoms with Crippen molar-refractivity contribution in [2.24, 2.45) is 0 Å². The van der Waals surface area contributed by atoms with Gasteiger partial charge in [-0.2, -0.15) is 4.80 Å². The van der Waals surface area contributed by atoms with Crippen LogP contribution in [0.5, 0.6) is 0 Å². The lowest BCUT2D eigenvalue weighted by atomic mass is 9.98. The number of amides is 1. The lowest BCUT2D eigenvalue weighted by molar-refractivity contribution is -0.123. The van der Waals surface area contributed by atoms with E-state index in [2.05, 4.69) is 20.7 Å². The zero-order chi connectivity index (χ0) is 15.3. The summed E-state index contributed by atoms with van der Waals surface area (Å²) in [6.45, 7) is 4.00. The van der Waals surface area contributed by atoms with Gasteiger partial charge in [0.25, 0.3) is 0 Å². The highest BCUT2D eigenvalue weighted by Crippen LogP contribution is 2.19. The van der Waals surface area contributed by atoms with E-state index in [0.29, 0.717) is 18.7 Å². The molecule has 0 aliphatic rings. The molecule has 2 rings (SSSR count). The number of hydrogen-bond donors (Lipinski definition) is 2. The molecule has 21 heavy (non-hydrogen) atoms. The number of tetrazole rings is 1. The Balaban J connectivity index is 1.89. The van der Waals surface area contributed by atoms with Crippen molar-refractivity contribution in [3.05, 3.63) is 17.5 Å². The van der Waals surface area contributed by atoms with Crippen LogP contribution in [-0.4, -0.2) is 43.4 Å². The largest absolute Gasteiger partial charge is 0.388 e. The van der Waals surface area contributed by atoms with E-state index in [4.69, 9.17) is 0 Å². The first kappa shape index (κ1) is 15.6. The summed E-state index contributed by atoms with van der Waals surface area (Å²) in [7, 11) is 0. The molecule has 0 atom stereocenters. The Labute approximate surface area is 127 Å². The Kier molecular flexibility index (Phi) is 5.03. The van der Waals surface area contributed by atoms with Crippen molar-refractivity contribution in [1.29, 1.82) is 0 Å². The molecule has 2 aromatic heterocycles. The summed E-state index contributed by atoms with van der Waals surface area (Å²) in [5.41, 5.74) is -0.854. The summed E-state index contributed by atoms with van der Waals surface area (Å²) >= 11 is 1.52. The molecule has 0 radical (unpaired) electrons. The van der Waals surface area contributed by atoms with Gasteiger partial charge in [0.15, 0.2) is 0 Å². The Morgan fingerprint density at radius 1 is 1.48 bits per heavy atom. The molecule has 7 nitrogen and oxygen atoms in total. The molecule has 0 bridgehead atoms. The molecule has 0 spiro atoms. The van der Waals surface area contributed by atoms with Gasteiger partial charge in [0, 0.05) is 6.54 Å². The van der Waals surface area contributed by atoms with Gasteiger partial charge in [-0.1, -0.05) is 19.9 Å². The Morgan fingerprint density at radius 2 is 2.24 bits per heavy atom. The van der Waals surface area contributed by atoms with E-state index in [1.807, 2.05) is 31.4 Å². The average molecular weight is 309 g/mol. The third-order valence-electron chi connectivity index (χ3n) is 3.41. The first-order chi connectivity index (χ1) is 10.1. The second kappa shape index (κ2) is 6.77. The number of nitrogens with zero attached hydrogens (tertiary/aromatic N) is 4. The van der Waals surface area contributed by atoms with E-state index in [0.717, 1.165) is 4.88 Å². The first-order valence-electron chi connectivity index (χ1n) is 6.87. The van der Waals surface area contributed by atoms with Crippen LogP contribution in [0.2, 0.25) is 0 Å². The predicted molar refractivity (Wildman–Crippen MR) is 79.7 cm³/mol. The van der Waals surface area contributed by atoms with Gasteiger partial charge in [-0.3, -0.25) is 4.79 Å². The van der Waals surface area contributed by atoms with Crippen LogP contribution in [0.1, 0.15) is 26.7 Å². The maximum Gasteiger partial charge on any atom is 0.243 e. The lowest BCUT2D eigenvalue weighted by Crippen LogP contribution is -2.43. The molecule has 2 aromatic rings. The van der Waals surface area contributed by atoms with Crippen LogP contribution in [-0.2, 0) is 11.3 Å². The monoisotopic (exact) mass is 309 g/mol. The van der Waals surface area contributed by atoms with Crippen LogP contribution in [0.4, 0.5) is 0 Å². The quantitative estimate of drug-likeness (QED) is 0.798. The number of rotatable bonds is 7. The predicted octanol–water partition coefficient (Wildman–Crippen LogP) is 1.07. The van der Waals surface area contributed by atoms with Crippen molar-refractivity contribution in [3.63, 3.8) is 0 Å². The van der Waals surface area contributed by atoms with Crippen LogP contribution >= 0.6 is 11.3 Å². The van der Waals surface area contributed by atoms with Crippen molar-refractivity contribution in [3.8, 4) is 10.7 Å². The molecule has 2 heterocycles. The molecule has 0 aromatic carbocycles. The Hall–Kier alpha value is -1.80. The van der Waals surface area contributed by atoms with E-state index in [-0.39, 0.29) is 19.0 Å². The van der Waals surface area contributed by atoms with Crippen LogP contribution < -0.4 is 5.32 Å². The molecular formula is C13H19N5O2S. The Morgan fingerprint density at radius 3 is 2.86 bits per heavy atom. The maximum atomic E-state index is 11.8. The van der Waals surface area contributed by atoms with Gasteiger partial charge in [0.1, 0.15) is 6.54 Å². The van der Waals surface area contributed by atoms with Crippen LogP contribution in [0.15, 0.2) is 17.5 Å². The van der Waals surface area contributed by atoms with E-state index < -0.39 is 5.60 Å². The standard InChI is InChI=1S/C13H19N5O2S/c1-3-13(20,4-2)9-14-11(19)8-18-16-12(15-17-18)10-6-5-7-21-10/h5-7,20H,3-4,8-9H2,1-2H3,(H,14,19). The zero-order valence-electron chi connectivity index (χ0n) is 12.1. The fourth-order valence-corrected chi connectivity index (χ4v) is 2.41. The SMILES string of the molecule is CCC(O)(CC)CNC(=O)Cn1nnc(-c2cccs2)n1. The van der Waals surface area contributed by atoms with Crippen molar-refractivity contribution in [2.75, 3.05) is 6.54 Å². The van der Waals surface area contributed by atoms with Crippen LogP contribution in [0.25, 0.3) is 10.7 Å². The number of aromatic nitrogens is 4. The fourth-order valence-electron chi connectivity index (χ4n) is 1.76. The summed E-state index contributed by atoms with van der Waals surface area (Å²) in [5, 5.41) is 26.7. The number of carbonyl (C=O) groups is 1. The topological polar surface area (TPSA) is 92.9 Å². The van der Waals surface area contributed by atoms with E-state index >= 15 is 0 Å². The first-order valence-corrected chi connectivity index (χ1v) is 7.75. The minimum Gasteiger partial charge on any atom is -0.388 e. The van der Waals surface area contributed by atoms with Gasteiger partial charge >= 0.3 is 0 Å². The second-order valence-electron chi connectivity index (χ2n) is 4.83. The minimum absolute atomic E-state index is 0.0120. The van der Waals surface area contributed by atoms with Gasteiger partial charge in [-0.05, 0) is 29.5 Å². The Bertz CT molecular complexity index is 577. The summed E-state index contributed by atoms with van der Waals surface area (Å²) in [5.74, 6) is 0.266. The highest BCUT2D eigenvalue weighted by Gasteiger charge is 2.22. The highest BCUT2D eigenvalue weighted by molar-refractivity contribution is 7.13. The van der Waals surface area contributed by atoms with E-state index in [9.17, 15) is 9.90 Å². The zero-order valence-corrected chi connectivity index (χ0v) is 12.9. The smallest absolute Gasteiger partial charge is 0.243 e. The average Bonchev–Trinajstić information content (AvgIpc) is 3.15. The number of thiophene rings is 1. The second-order valence-corrected chi connectivity index (χ2v) is 5.78. The van der Waals surface area contributed by atoms with Crippen molar-refractivity contribution in [2.45, 2.75) is 38.8 Å². The highest BCUT2D eigenvalue weighted by atomic mass is 32.1. The van der Waals surface area contributed by atoms with Gasteiger partial charge in [0.05, 0.1) is 10.5 Å². The molecule has 0 saturated carbocycles. The molecule has 0 aliphatic heterocycles. The van der Waals surface area contributed by atoms with Gasteiger partial charge in [-0.15, -0.1) is 21.5 Å². The van der Waals surface area contributed by atoms with E-state index in [1.54, 1.807) is 0 Å².